The lowest BCUT2D eigenvalue weighted by Gasteiger charge is -2.17. The molecule has 6 nitrogen and oxygen atoms in total. The number of nitrogens with one attached hydrogen (secondary N) is 3. The lowest BCUT2D eigenvalue weighted by atomic mass is 10.1. The van der Waals surface area contributed by atoms with Gasteiger partial charge in [-0.25, -0.2) is 4.79 Å². The third-order valence-electron chi connectivity index (χ3n) is 5.08. The van der Waals surface area contributed by atoms with Crippen molar-refractivity contribution >= 4 is 17.6 Å². The molecule has 0 atom stereocenters. The van der Waals surface area contributed by atoms with E-state index in [1.165, 1.54) is 12.8 Å². The Morgan fingerprint density at radius 1 is 1.07 bits per heavy atom. The minimum absolute atomic E-state index is 0.120. The van der Waals surface area contributed by atoms with Gasteiger partial charge in [-0.05, 0) is 69.4 Å². The third kappa shape index (κ3) is 5.73. The summed E-state index contributed by atoms with van der Waals surface area (Å²) in [6.45, 7) is 4.70. The first kappa shape index (κ1) is 20.7. The molecule has 0 bridgehead atoms. The van der Waals surface area contributed by atoms with Crippen LogP contribution in [0.25, 0.3) is 0 Å². The fourth-order valence-electron chi connectivity index (χ4n) is 3.50. The number of urea groups is 1. The van der Waals surface area contributed by atoms with Crippen molar-refractivity contribution in [2.75, 3.05) is 11.9 Å². The van der Waals surface area contributed by atoms with Crippen molar-refractivity contribution in [1.82, 2.24) is 10.6 Å². The Labute approximate surface area is 172 Å². The van der Waals surface area contributed by atoms with Gasteiger partial charge < -0.3 is 20.7 Å². The van der Waals surface area contributed by atoms with E-state index in [0.29, 0.717) is 24.3 Å². The lowest BCUT2D eigenvalue weighted by molar-refractivity contribution is 0.0955. The molecule has 3 N–H and O–H groups in total. The fourth-order valence-corrected chi connectivity index (χ4v) is 3.50. The van der Waals surface area contributed by atoms with Crippen LogP contribution in [0.1, 0.15) is 54.1 Å². The highest BCUT2D eigenvalue weighted by molar-refractivity contribution is 5.96. The Bertz CT molecular complexity index is 860. The summed E-state index contributed by atoms with van der Waals surface area (Å²) in [4.78, 5) is 24.3. The number of ether oxygens (including phenoxy) is 1. The SMILES string of the molecule is CCNC(=O)c1ccc(NC(=O)NCc2ccccc2OC2CCCC2)c(C)c1. The summed E-state index contributed by atoms with van der Waals surface area (Å²) in [5, 5.41) is 8.51. The average molecular weight is 396 g/mol. The van der Waals surface area contributed by atoms with E-state index in [1.54, 1.807) is 18.2 Å². The Balaban J connectivity index is 1.57. The summed E-state index contributed by atoms with van der Waals surface area (Å²) >= 11 is 0. The molecule has 0 saturated heterocycles. The minimum Gasteiger partial charge on any atom is -0.490 e. The molecule has 0 aromatic heterocycles. The van der Waals surface area contributed by atoms with Crippen LogP contribution in [0.3, 0.4) is 0 Å². The van der Waals surface area contributed by atoms with Gasteiger partial charge in [0.1, 0.15) is 5.75 Å². The molecule has 0 heterocycles. The van der Waals surface area contributed by atoms with Gasteiger partial charge in [0.25, 0.3) is 5.91 Å². The molecule has 1 aliphatic carbocycles. The Morgan fingerprint density at radius 2 is 1.83 bits per heavy atom. The zero-order chi connectivity index (χ0) is 20.6. The molecule has 1 fully saturated rings. The Hall–Kier alpha value is -3.02. The normalized spacial score (nSPS) is 13.7. The highest BCUT2D eigenvalue weighted by atomic mass is 16.5. The highest BCUT2D eigenvalue weighted by Crippen LogP contribution is 2.26. The van der Waals surface area contributed by atoms with Gasteiger partial charge >= 0.3 is 6.03 Å². The van der Waals surface area contributed by atoms with E-state index in [1.807, 2.05) is 38.1 Å². The molecule has 0 spiro atoms. The number of carbonyl (C=O) groups is 2. The number of hydrogen-bond acceptors (Lipinski definition) is 3. The van der Waals surface area contributed by atoms with Crippen molar-refractivity contribution < 1.29 is 14.3 Å². The highest BCUT2D eigenvalue weighted by Gasteiger charge is 2.18. The first-order chi connectivity index (χ1) is 14.1. The van der Waals surface area contributed by atoms with Gasteiger partial charge in [-0.3, -0.25) is 4.79 Å². The smallest absolute Gasteiger partial charge is 0.319 e. The van der Waals surface area contributed by atoms with Crippen LogP contribution in [-0.2, 0) is 6.54 Å². The molecule has 2 aromatic carbocycles. The second-order valence-corrected chi connectivity index (χ2v) is 7.33. The second kappa shape index (κ2) is 9.96. The van der Waals surface area contributed by atoms with Crippen LogP contribution < -0.4 is 20.7 Å². The second-order valence-electron chi connectivity index (χ2n) is 7.33. The summed E-state index contributed by atoms with van der Waals surface area (Å²) in [7, 11) is 0. The largest absolute Gasteiger partial charge is 0.490 e. The monoisotopic (exact) mass is 395 g/mol. The average Bonchev–Trinajstić information content (AvgIpc) is 3.22. The van der Waals surface area contributed by atoms with E-state index in [2.05, 4.69) is 16.0 Å². The van der Waals surface area contributed by atoms with Crippen molar-refractivity contribution in [3.8, 4) is 5.75 Å². The van der Waals surface area contributed by atoms with Crippen molar-refractivity contribution in [2.45, 2.75) is 52.2 Å². The van der Waals surface area contributed by atoms with Crippen LogP contribution in [-0.4, -0.2) is 24.6 Å². The summed E-state index contributed by atoms with van der Waals surface area (Å²) in [6.07, 6.45) is 4.88. The molecule has 154 valence electrons. The van der Waals surface area contributed by atoms with Crippen LogP contribution in [0.15, 0.2) is 42.5 Å². The van der Waals surface area contributed by atoms with Gasteiger partial charge in [0, 0.05) is 29.9 Å². The Morgan fingerprint density at radius 3 is 2.55 bits per heavy atom. The van der Waals surface area contributed by atoms with Gasteiger partial charge in [0.2, 0.25) is 0 Å². The van der Waals surface area contributed by atoms with Crippen LogP contribution in [0.2, 0.25) is 0 Å². The lowest BCUT2D eigenvalue weighted by Crippen LogP contribution is -2.29. The van der Waals surface area contributed by atoms with Crippen molar-refractivity contribution in [3.63, 3.8) is 0 Å². The molecule has 29 heavy (non-hydrogen) atoms. The van der Waals surface area contributed by atoms with Gasteiger partial charge in [-0.2, -0.15) is 0 Å². The molecule has 0 aliphatic heterocycles. The van der Waals surface area contributed by atoms with Crippen molar-refractivity contribution in [1.29, 1.82) is 0 Å². The molecule has 3 rings (SSSR count). The third-order valence-corrected chi connectivity index (χ3v) is 5.08. The number of hydrogen-bond donors (Lipinski definition) is 3. The summed E-state index contributed by atoms with van der Waals surface area (Å²) in [5.74, 6) is 0.715. The Kier molecular flexibility index (Phi) is 7.11. The summed E-state index contributed by atoms with van der Waals surface area (Å²) in [5.41, 5.74) is 3.03. The molecule has 3 amide bonds. The molecule has 6 heteroatoms. The topological polar surface area (TPSA) is 79.5 Å². The van der Waals surface area contributed by atoms with Gasteiger partial charge in [0.05, 0.1) is 6.10 Å². The molecule has 0 radical (unpaired) electrons. The van der Waals surface area contributed by atoms with E-state index >= 15 is 0 Å². The van der Waals surface area contributed by atoms with Crippen molar-refractivity contribution in [2.24, 2.45) is 0 Å². The number of para-hydroxylation sites is 1. The van der Waals surface area contributed by atoms with Crippen LogP contribution in [0, 0.1) is 6.92 Å². The fraction of sp³-hybridized carbons (Fsp3) is 0.391. The van der Waals surface area contributed by atoms with E-state index < -0.39 is 0 Å². The number of benzene rings is 2. The molecule has 1 saturated carbocycles. The van der Waals surface area contributed by atoms with Crippen LogP contribution in [0.4, 0.5) is 10.5 Å². The summed E-state index contributed by atoms with van der Waals surface area (Å²) in [6, 6.07) is 12.7. The van der Waals surface area contributed by atoms with E-state index in [4.69, 9.17) is 4.74 Å². The maximum absolute atomic E-state index is 12.4. The maximum atomic E-state index is 12.4. The zero-order valence-corrected chi connectivity index (χ0v) is 17.1. The quantitative estimate of drug-likeness (QED) is 0.651. The van der Waals surface area contributed by atoms with Crippen molar-refractivity contribution in [3.05, 3.63) is 59.2 Å². The molecule has 0 unspecified atom stereocenters. The number of aryl methyl sites for hydroxylation is 1. The van der Waals surface area contributed by atoms with Gasteiger partial charge in [0.15, 0.2) is 0 Å². The molecular weight excluding hydrogens is 366 g/mol. The van der Waals surface area contributed by atoms with Crippen LogP contribution in [0.5, 0.6) is 5.75 Å². The number of amides is 3. The first-order valence-electron chi connectivity index (χ1n) is 10.2. The number of anilines is 1. The van der Waals surface area contributed by atoms with E-state index in [9.17, 15) is 9.59 Å². The predicted molar refractivity (Wildman–Crippen MR) is 114 cm³/mol. The molecular formula is C23H29N3O3. The van der Waals surface area contributed by atoms with Crippen LogP contribution >= 0.6 is 0 Å². The standard InChI is InChI=1S/C23H29N3O3/c1-3-24-22(27)17-12-13-20(16(2)14-17)26-23(28)25-15-18-8-4-7-11-21(18)29-19-9-5-6-10-19/h4,7-8,11-14,19H,3,5-6,9-10,15H2,1-2H3,(H,24,27)(H2,25,26,28). The first-order valence-corrected chi connectivity index (χ1v) is 10.2. The number of rotatable bonds is 7. The van der Waals surface area contributed by atoms with E-state index in [-0.39, 0.29) is 18.0 Å². The number of carbonyl (C=O) groups excluding carboxylic acids is 2. The molecule has 1 aliphatic rings. The van der Waals surface area contributed by atoms with Gasteiger partial charge in [-0.15, -0.1) is 0 Å². The minimum atomic E-state index is -0.297. The zero-order valence-electron chi connectivity index (χ0n) is 17.1. The van der Waals surface area contributed by atoms with Gasteiger partial charge in [-0.1, -0.05) is 18.2 Å². The molecule has 2 aromatic rings. The summed E-state index contributed by atoms with van der Waals surface area (Å²) < 4.78 is 6.12. The van der Waals surface area contributed by atoms with E-state index in [0.717, 1.165) is 29.7 Å². The maximum Gasteiger partial charge on any atom is 0.319 e. The predicted octanol–water partition coefficient (Wildman–Crippen LogP) is 4.39.